The maximum atomic E-state index is 9.76. The number of hydrogen-bond acceptors (Lipinski definition) is 4. The summed E-state index contributed by atoms with van der Waals surface area (Å²) < 4.78 is 0. The van der Waals surface area contributed by atoms with Crippen molar-refractivity contribution in [2.24, 2.45) is 0 Å². The molecule has 0 spiro atoms. The molecule has 0 aromatic rings. The Labute approximate surface area is 57.4 Å². The Morgan fingerprint density at radius 1 is 1.80 bits per heavy atom. The SMILES string of the molecule is C/C(=C\C=O)CO[N+](=O)[O-]. The van der Waals surface area contributed by atoms with E-state index in [0.717, 1.165) is 0 Å². The summed E-state index contributed by atoms with van der Waals surface area (Å²) >= 11 is 0. The Bertz CT molecular complexity index is 163. The summed E-state index contributed by atoms with van der Waals surface area (Å²) in [6.07, 6.45) is 1.77. The van der Waals surface area contributed by atoms with Crippen LogP contribution in [-0.4, -0.2) is 18.0 Å². The van der Waals surface area contributed by atoms with Gasteiger partial charge in [0.05, 0.1) is 0 Å². The Morgan fingerprint density at radius 2 is 2.40 bits per heavy atom. The van der Waals surface area contributed by atoms with Gasteiger partial charge in [-0.05, 0) is 18.6 Å². The van der Waals surface area contributed by atoms with Crippen LogP contribution in [0.2, 0.25) is 0 Å². The second-order valence-corrected chi connectivity index (χ2v) is 1.65. The lowest BCUT2D eigenvalue weighted by Gasteiger charge is -1.94. The summed E-state index contributed by atoms with van der Waals surface area (Å²) in [6, 6.07) is 0. The van der Waals surface area contributed by atoms with Crippen molar-refractivity contribution in [3.05, 3.63) is 21.8 Å². The first-order chi connectivity index (χ1) is 4.66. The summed E-state index contributed by atoms with van der Waals surface area (Å²) in [7, 11) is 0. The van der Waals surface area contributed by atoms with Crippen molar-refractivity contribution in [2.45, 2.75) is 6.92 Å². The number of carbonyl (C=O) groups is 1. The lowest BCUT2D eigenvalue weighted by atomic mass is 10.3. The van der Waals surface area contributed by atoms with Gasteiger partial charge in [0.2, 0.25) is 0 Å². The molecule has 0 rings (SSSR count). The highest BCUT2D eigenvalue weighted by molar-refractivity contribution is 5.65. The molecule has 0 unspecified atom stereocenters. The van der Waals surface area contributed by atoms with Crippen LogP contribution in [0.4, 0.5) is 0 Å². The van der Waals surface area contributed by atoms with Crippen molar-refractivity contribution in [1.29, 1.82) is 0 Å². The Morgan fingerprint density at radius 3 is 2.80 bits per heavy atom. The molecule has 5 heteroatoms. The van der Waals surface area contributed by atoms with E-state index in [1.807, 2.05) is 0 Å². The first kappa shape index (κ1) is 8.61. The molecular weight excluding hydrogens is 138 g/mol. The van der Waals surface area contributed by atoms with E-state index < -0.39 is 5.09 Å². The van der Waals surface area contributed by atoms with E-state index in [0.29, 0.717) is 11.9 Å². The molecule has 0 N–H and O–H groups in total. The van der Waals surface area contributed by atoms with Gasteiger partial charge < -0.3 is 4.84 Å². The molecule has 56 valence electrons. The fourth-order valence-electron chi connectivity index (χ4n) is 0.319. The number of allylic oxidation sites excluding steroid dienone is 1. The minimum absolute atomic E-state index is 0.147. The molecule has 0 aliphatic carbocycles. The Hall–Kier alpha value is -1.39. The molecule has 0 aliphatic rings. The van der Waals surface area contributed by atoms with E-state index >= 15 is 0 Å². The zero-order valence-corrected chi connectivity index (χ0v) is 5.44. The molecule has 0 aromatic carbocycles. The lowest BCUT2D eigenvalue weighted by Crippen LogP contribution is -2.02. The van der Waals surface area contributed by atoms with Crippen LogP contribution in [0.5, 0.6) is 0 Å². The topological polar surface area (TPSA) is 69.4 Å². The summed E-state index contributed by atoms with van der Waals surface area (Å²) in [4.78, 5) is 23.3. The van der Waals surface area contributed by atoms with Crippen LogP contribution in [0.1, 0.15) is 6.92 Å². The molecule has 0 aromatic heterocycles. The highest BCUT2D eigenvalue weighted by Gasteiger charge is 1.93. The van der Waals surface area contributed by atoms with E-state index in [1.54, 1.807) is 6.92 Å². The van der Waals surface area contributed by atoms with Crippen LogP contribution in [0.25, 0.3) is 0 Å². The molecule has 0 bridgehead atoms. The van der Waals surface area contributed by atoms with Crippen LogP contribution in [-0.2, 0) is 9.63 Å². The third-order valence-electron chi connectivity index (χ3n) is 0.750. The van der Waals surface area contributed by atoms with Gasteiger partial charge in [0, 0.05) is 0 Å². The fraction of sp³-hybridized carbons (Fsp3) is 0.400. The number of nitrogens with zero attached hydrogens (tertiary/aromatic N) is 1. The molecule has 0 radical (unpaired) electrons. The number of hydrogen-bond donors (Lipinski definition) is 0. The van der Waals surface area contributed by atoms with Crippen molar-refractivity contribution in [2.75, 3.05) is 6.61 Å². The smallest absolute Gasteiger partial charge is 0.294 e. The van der Waals surface area contributed by atoms with Gasteiger partial charge in [-0.2, -0.15) is 0 Å². The molecule has 5 nitrogen and oxygen atoms in total. The average molecular weight is 145 g/mol. The highest BCUT2D eigenvalue weighted by atomic mass is 16.9. The maximum absolute atomic E-state index is 9.76. The quantitative estimate of drug-likeness (QED) is 0.247. The minimum atomic E-state index is -0.901. The van der Waals surface area contributed by atoms with Crippen molar-refractivity contribution in [3.63, 3.8) is 0 Å². The molecule has 0 fully saturated rings. The normalized spacial score (nSPS) is 10.7. The summed E-state index contributed by atoms with van der Waals surface area (Å²) in [5.74, 6) is 0. The first-order valence-electron chi connectivity index (χ1n) is 2.55. The van der Waals surface area contributed by atoms with Gasteiger partial charge in [0.1, 0.15) is 12.9 Å². The van der Waals surface area contributed by atoms with Crippen LogP contribution < -0.4 is 0 Å². The number of carbonyl (C=O) groups excluding carboxylic acids is 1. The minimum Gasteiger partial charge on any atom is -0.309 e. The van der Waals surface area contributed by atoms with Gasteiger partial charge in [0.15, 0.2) is 0 Å². The summed E-state index contributed by atoms with van der Waals surface area (Å²) in [6.45, 7) is 1.42. The van der Waals surface area contributed by atoms with Gasteiger partial charge in [-0.25, -0.2) is 0 Å². The first-order valence-corrected chi connectivity index (χ1v) is 2.55. The molecule has 0 saturated carbocycles. The van der Waals surface area contributed by atoms with Crippen LogP contribution >= 0.6 is 0 Å². The predicted octanol–water partition coefficient (Wildman–Crippen LogP) is 0.340. The third kappa shape index (κ3) is 4.76. The number of rotatable bonds is 4. The van der Waals surface area contributed by atoms with Gasteiger partial charge in [-0.3, -0.25) is 4.79 Å². The van der Waals surface area contributed by atoms with Gasteiger partial charge in [-0.1, -0.05) is 0 Å². The van der Waals surface area contributed by atoms with E-state index in [4.69, 9.17) is 0 Å². The molecule has 0 amide bonds. The van der Waals surface area contributed by atoms with E-state index in [-0.39, 0.29) is 6.61 Å². The Kier molecular flexibility index (Phi) is 3.86. The van der Waals surface area contributed by atoms with Crippen molar-refractivity contribution >= 4 is 6.29 Å². The molecule has 0 atom stereocenters. The molecule has 0 aliphatic heterocycles. The zero-order chi connectivity index (χ0) is 7.98. The third-order valence-corrected chi connectivity index (χ3v) is 0.750. The maximum Gasteiger partial charge on any atom is 0.294 e. The van der Waals surface area contributed by atoms with Gasteiger partial charge >= 0.3 is 0 Å². The van der Waals surface area contributed by atoms with Crippen molar-refractivity contribution in [3.8, 4) is 0 Å². The average Bonchev–Trinajstić information content (AvgIpc) is 1.85. The standard InChI is InChI=1S/C5H7NO4/c1-5(2-3-7)4-10-6(8)9/h2-3H,4H2,1H3/b5-2+. The molecule has 10 heavy (non-hydrogen) atoms. The molecular formula is C5H7NO4. The lowest BCUT2D eigenvalue weighted by molar-refractivity contribution is -0.755. The largest absolute Gasteiger partial charge is 0.309 e. The van der Waals surface area contributed by atoms with Gasteiger partial charge in [-0.15, -0.1) is 10.1 Å². The second kappa shape index (κ2) is 4.49. The van der Waals surface area contributed by atoms with Crippen molar-refractivity contribution in [1.82, 2.24) is 0 Å². The zero-order valence-electron chi connectivity index (χ0n) is 5.44. The van der Waals surface area contributed by atoms with E-state index in [9.17, 15) is 14.9 Å². The summed E-state index contributed by atoms with van der Waals surface area (Å²) in [5.41, 5.74) is 0.520. The van der Waals surface area contributed by atoms with E-state index in [1.165, 1.54) is 6.08 Å². The van der Waals surface area contributed by atoms with Crippen LogP contribution in [0.3, 0.4) is 0 Å². The monoisotopic (exact) mass is 145 g/mol. The fourth-order valence-corrected chi connectivity index (χ4v) is 0.319. The summed E-state index contributed by atoms with van der Waals surface area (Å²) in [5, 5.41) is 8.68. The highest BCUT2D eigenvalue weighted by Crippen LogP contribution is 1.90. The van der Waals surface area contributed by atoms with Crippen LogP contribution in [0.15, 0.2) is 11.6 Å². The molecule has 0 saturated heterocycles. The number of aldehydes is 1. The van der Waals surface area contributed by atoms with E-state index in [2.05, 4.69) is 4.84 Å². The molecule has 0 heterocycles. The Balaban J connectivity index is 3.58. The second-order valence-electron chi connectivity index (χ2n) is 1.65. The van der Waals surface area contributed by atoms with Gasteiger partial charge in [0.25, 0.3) is 5.09 Å². The van der Waals surface area contributed by atoms with Crippen molar-refractivity contribution < 1.29 is 14.7 Å². The van der Waals surface area contributed by atoms with Crippen LogP contribution in [0, 0.1) is 10.1 Å². The predicted molar refractivity (Wildman–Crippen MR) is 32.8 cm³/mol.